The van der Waals surface area contributed by atoms with Crippen LogP contribution in [0.1, 0.15) is 81.4 Å². The van der Waals surface area contributed by atoms with E-state index in [0.29, 0.717) is 0 Å². The van der Waals surface area contributed by atoms with Crippen molar-refractivity contribution in [3.05, 3.63) is 296 Å². The van der Waals surface area contributed by atoms with E-state index in [-0.39, 0.29) is 52.0 Å². The van der Waals surface area contributed by atoms with Gasteiger partial charge in [-0.3, -0.25) is 4.79 Å². The molecule has 4 nitrogen and oxygen atoms in total. The smallest absolute Gasteiger partial charge is 0.399 e. The predicted octanol–water partition coefficient (Wildman–Crippen LogP) is 24.3. The largest absolute Gasteiger partial charge is 0.495 e. The molecule has 93 heavy (non-hydrogen) atoms. The van der Waals surface area contributed by atoms with Gasteiger partial charge < -0.3 is 21.5 Å². The number of hydrogen-bond donors (Lipinski definition) is 0. The average Bonchev–Trinajstić information content (AvgIpc) is 1.68. The van der Waals surface area contributed by atoms with Crippen LogP contribution in [0.25, 0.3) is 97.7 Å². The van der Waals surface area contributed by atoms with Gasteiger partial charge in [0.1, 0.15) is 0 Å². The molecule has 0 aromatic heterocycles. The first-order valence-electron chi connectivity index (χ1n) is 31.1. The van der Waals surface area contributed by atoms with Crippen LogP contribution in [-0.2, 0) is 40.9 Å². The molecule has 10 heteroatoms. The molecule has 14 aromatic rings. The van der Waals surface area contributed by atoms with Gasteiger partial charge in [-0.05, 0) is 210 Å². The zero-order chi connectivity index (χ0) is 63.4. The van der Waals surface area contributed by atoms with Crippen LogP contribution in [0.2, 0.25) is 0 Å². The third-order valence-corrected chi connectivity index (χ3v) is 19.3. The van der Waals surface area contributed by atoms with E-state index < -0.39 is 0 Å². The number of rotatable bonds is 7. The second-order valence-electron chi connectivity index (χ2n) is 24.2. The fourth-order valence-corrected chi connectivity index (χ4v) is 15.4. The van der Waals surface area contributed by atoms with Crippen molar-refractivity contribution in [3.63, 3.8) is 0 Å². The van der Waals surface area contributed by atoms with Crippen LogP contribution in [0.3, 0.4) is 0 Å². The van der Waals surface area contributed by atoms with Crippen LogP contribution in [0, 0.1) is 7.43 Å². The van der Waals surface area contributed by atoms with Gasteiger partial charge >= 0.3 is 7.12 Å². The maximum absolute atomic E-state index is 12.1. The minimum Gasteiger partial charge on any atom is -0.399 e. The van der Waals surface area contributed by atoms with E-state index >= 15 is 0 Å². The second-order valence-corrected chi connectivity index (χ2v) is 27.9. The van der Waals surface area contributed by atoms with Crippen LogP contribution in [0.4, 0.5) is 0 Å². The average molecular weight is 1570 g/mol. The predicted molar refractivity (Wildman–Crippen MR) is 407 cm³/mol. The van der Waals surface area contributed by atoms with Gasteiger partial charge in [0, 0.05) is 62.7 Å². The van der Waals surface area contributed by atoms with Gasteiger partial charge in [-0.25, -0.2) is 0 Å². The van der Waals surface area contributed by atoms with E-state index in [2.05, 4.69) is 287 Å². The summed E-state index contributed by atoms with van der Waals surface area (Å²) in [5.74, 6) is 0.160. The number of carbonyl (C=O) groups excluding carboxylic acids is 1. The van der Waals surface area contributed by atoms with Gasteiger partial charge in [-0.15, -0.1) is 0 Å². The molecule has 1 saturated heterocycles. The second kappa shape index (κ2) is 30.4. The van der Waals surface area contributed by atoms with E-state index in [0.717, 1.165) is 78.1 Å². The zero-order valence-electron chi connectivity index (χ0n) is 53.2. The minimum atomic E-state index is -0.338. The molecule has 0 amide bonds. The number of benzene rings is 14. The molecule has 0 saturated carbocycles. The third-order valence-electron chi connectivity index (χ3n) is 17.5. The Bertz CT molecular complexity index is 4610. The molecule has 16 rings (SSSR count). The van der Waals surface area contributed by atoms with Crippen molar-refractivity contribution >= 4 is 157 Å². The molecule has 1 aliphatic heterocycles. The van der Waals surface area contributed by atoms with E-state index in [1.165, 1.54) is 97.7 Å². The maximum atomic E-state index is 12.1. The number of ether oxygens (including phenoxy) is 1. The summed E-state index contributed by atoms with van der Waals surface area (Å²) in [4.78, 5) is 12.1. The summed E-state index contributed by atoms with van der Waals surface area (Å²) in [5.41, 5.74) is 9.46. The molecule has 0 unspecified atom stereocenters. The molecular formula is C83H72BBr4O4Pd-. The van der Waals surface area contributed by atoms with Crippen molar-refractivity contribution in [2.24, 2.45) is 0 Å². The van der Waals surface area contributed by atoms with Crippen LogP contribution < -0.4 is 5.46 Å². The summed E-state index contributed by atoms with van der Waals surface area (Å²) < 4.78 is 22.1. The summed E-state index contributed by atoms with van der Waals surface area (Å²) in [6, 6.07) is 87.6. The molecule has 1 aliphatic carbocycles. The van der Waals surface area contributed by atoms with Gasteiger partial charge in [0.15, 0.2) is 5.78 Å². The fourth-order valence-electron chi connectivity index (χ4n) is 12.5. The van der Waals surface area contributed by atoms with E-state index in [4.69, 9.17) is 14.0 Å². The van der Waals surface area contributed by atoms with Crippen molar-refractivity contribution in [2.45, 2.75) is 72.0 Å². The number of carbonyl (C=O) groups is 1. The molecule has 14 aromatic carbocycles. The first-order chi connectivity index (χ1) is 44.1. The van der Waals surface area contributed by atoms with Crippen molar-refractivity contribution in [1.82, 2.24) is 0 Å². The normalized spacial score (nSPS) is 13.4. The monoisotopic (exact) mass is 1570 g/mol. The number of ketones is 1. The van der Waals surface area contributed by atoms with Gasteiger partial charge in [0.25, 0.3) is 0 Å². The quantitative estimate of drug-likeness (QED) is 0.0524. The van der Waals surface area contributed by atoms with Crippen LogP contribution in [0.5, 0.6) is 0 Å². The summed E-state index contributed by atoms with van der Waals surface area (Å²) in [6.07, 6.45) is 3.15. The number of hydrogen-bond acceptors (Lipinski definition) is 4. The Hall–Kier alpha value is -6.64. The molecule has 470 valence electrons. The molecule has 2 aliphatic rings. The Morgan fingerprint density at radius 3 is 1.18 bits per heavy atom. The first kappa shape index (κ1) is 69.2. The van der Waals surface area contributed by atoms with Crippen LogP contribution in [0.15, 0.2) is 267 Å². The van der Waals surface area contributed by atoms with Crippen molar-refractivity contribution in [2.75, 3.05) is 13.2 Å². The standard InChI is InChI=1S/C34H21Br.C22H21BO2.C14H10O.C6H3Br3.C6H14O.CH3.Pd/c35-28-20-26(33-29-13-5-1-9-22(29)17-23-10-2-6-14-30(23)33)19-27(21-28)34-31-15-7-3-11-24(31)18-25-12-4-8-16-32(25)34;1-21(2)22(3,4)25-23(24-21)18-13-11-16-9-8-14-6-5-7-15-10-12-17(18)20(16)19(14)15;15-14-12-7-3-1-5-10(12)9-11-6-2-4-8-13(11)14;7-4-1-5(8)3-6(9)2-4;1-3-5-7-6-4-2;;/h1-21H;5-13H,1-4H3;1-8H,9H2;1-3H;3-6H2,1-2H3;1H3;/q;;;;;-1;. The summed E-state index contributed by atoms with van der Waals surface area (Å²) in [7, 11) is -0.338. The molecule has 0 N–H and O–H groups in total. The molecule has 1 heterocycles. The summed E-state index contributed by atoms with van der Waals surface area (Å²) in [6.45, 7) is 14.5. The Morgan fingerprint density at radius 1 is 0.398 bits per heavy atom. The Morgan fingerprint density at radius 2 is 0.753 bits per heavy atom. The first-order valence-corrected chi connectivity index (χ1v) is 34.3. The van der Waals surface area contributed by atoms with Crippen molar-refractivity contribution in [1.29, 1.82) is 0 Å². The van der Waals surface area contributed by atoms with Gasteiger partial charge in [0.05, 0.1) is 11.2 Å². The van der Waals surface area contributed by atoms with Crippen LogP contribution in [-0.4, -0.2) is 37.3 Å². The fraction of sp³-hybridized carbons (Fsp3) is 0.157. The van der Waals surface area contributed by atoms with Crippen molar-refractivity contribution in [3.8, 4) is 22.3 Å². The zero-order valence-corrected chi connectivity index (χ0v) is 61.1. The maximum Gasteiger partial charge on any atom is 0.495 e. The van der Waals surface area contributed by atoms with Gasteiger partial charge in [-0.2, -0.15) is 0 Å². The Balaban J connectivity index is 0.000000142. The molecule has 0 bridgehead atoms. The van der Waals surface area contributed by atoms with Crippen molar-refractivity contribution < 1.29 is 39.3 Å². The SMILES string of the molecule is Brc1cc(-c2c3ccccc3cc3ccccc23)cc(-c2c3ccccc3cc3ccccc23)c1.Brc1cc(Br)cc(Br)c1.CC1(C)OB(c2ccc3ccc4cccc5ccc2c3c45)OC1(C)C.CCCOCCC.O=C1c2ccccc2Cc2ccccc21.[CH3-].[Pd]. The Kier molecular flexibility index (Phi) is 22.6. The van der Waals surface area contributed by atoms with Gasteiger partial charge in [-0.1, -0.05) is 278 Å². The molecule has 0 atom stereocenters. The summed E-state index contributed by atoms with van der Waals surface area (Å²) >= 11 is 13.9. The minimum absolute atomic E-state index is 0. The molecule has 0 radical (unpaired) electrons. The molecule has 0 spiro atoms. The van der Waals surface area contributed by atoms with Gasteiger partial charge in [0.2, 0.25) is 0 Å². The summed E-state index contributed by atoms with van der Waals surface area (Å²) in [5, 5.41) is 17.8. The Labute approximate surface area is 595 Å². The third kappa shape index (κ3) is 14.9. The number of halogens is 4. The number of fused-ring (bicyclic) bond motifs is 6. The molecular weight excluding hydrogens is 1500 g/mol. The van der Waals surface area contributed by atoms with E-state index in [1.54, 1.807) is 0 Å². The van der Waals surface area contributed by atoms with E-state index in [9.17, 15) is 4.79 Å². The topological polar surface area (TPSA) is 44.8 Å². The molecule has 1 fully saturated rings. The van der Waals surface area contributed by atoms with E-state index in [1.807, 2.05) is 66.7 Å². The van der Waals surface area contributed by atoms with Crippen LogP contribution >= 0.6 is 63.7 Å².